The van der Waals surface area contributed by atoms with Gasteiger partial charge in [0.1, 0.15) is 0 Å². The van der Waals surface area contributed by atoms with Crippen LogP contribution in [0.25, 0.3) is 0 Å². The third kappa shape index (κ3) is 3.87. The van der Waals surface area contributed by atoms with Gasteiger partial charge in [-0.25, -0.2) is 4.79 Å². The first-order valence-electron chi connectivity index (χ1n) is 7.88. The van der Waals surface area contributed by atoms with Gasteiger partial charge in [-0.2, -0.15) is 5.10 Å². The molecule has 1 saturated carbocycles. The van der Waals surface area contributed by atoms with E-state index >= 15 is 0 Å². The SMILES string of the molecule is C[C@@H]1[C@H](C)CCC[C@H]1NC(=O)[C@H](C)OC(=O)c1cnn(C)c1. The van der Waals surface area contributed by atoms with Crippen LogP contribution < -0.4 is 5.32 Å². The predicted octanol–water partition coefficient (Wildman–Crippen LogP) is 1.91. The number of ether oxygens (including phenoxy) is 1. The summed E-state index contributed by atoms with van der Waals surface area (Å²) in [6.45, 7) is 5.98. The number of amides is 1. The van der Waals surface area contributed by atoms with Crippen LogP contribution in [0.1, 0.15) is 50.4 Å². The van der Waals surface area contributed by atoms with Crippen molar-refractivity contribution < 1.29 is 14.3 Å². The van der Waals surface area contributed by atoms with Crippen molar-refractivity contribution in [3.8, 4) is 0 Å². The zero-order valence-corrected chi connectivity index (χ0v) is 13.7. The van der Waals surface area contributed by atoms with Crippen LogP contribution >= 0.6 is 0 Å². The third-order valence-electron chi connectivity index (χ3n) is 4.63. The Morgan fingerprint density at radius 2 is 2.14 bits per heavy atom. The van der Waals surface area contributed by atoms with Crippen LogP contribution in [0.15, 0.2) is 12.4 Å². The molecule has 0 saturated heterocycles. The third-order valence-corrected chi connectivity index (χ3v) is 4.63. The van der Waals surface area contributed by atoms with Crippen LogP contribution in [0.3, 0.4) is 0 Å². The van der Waals surface area contributed by atoms with Crippen LogP contribution in [-0.2, 0) is 16.6 Å². The molecule has 6 heteroatoms. The molecule has 22 heavy (non-hydrogen) atoms. The standard InChI is InChI=1S/C16H25N3O3/c1-10-6-5-7-14(11(10)2)18-15(20)12(3)22-16(21)13-8-17-19(4)9-13/h8-12,14H,5-7H2,1-4H3,(H,18,20)/t10-,11-,12+,14-/m1/s1. The number of esters is 1. The van der Waals surface area contributed by atoms with Crippen LogP contribution in [0.2, 0.25) is 0 Å². The molecule has 2 rings (SSSR count). The van der Waals surface area contributed by atoms with E-state index in [1.54, 1.807) is 20.2 Å². The molecule has 0 spiro atoms. The summed E-state index contributed by atoms with van der Waals surface area (Å²) in [4.78, 5) is 24.2. The van der Waals surface area contributed by atoms with E-state index in [1.807, 2.05) is 0 Å². The fourth-order valence-corrected chi connectivity index (χ4v) is 2.89. The van der Waals surface area contributed by atoms with E-state index in [0.717, 1.165) is 12.8 Å². The fraction of sp³-hybridized carbons (Fsp3) is 0.688. The highest BCUT2D eigenvalue weighted by atomic mass is 16.5. The number of aryl methyl sites for hydroxylation is 1. The molecule has 1 heterocycles. The fourth-order valence-electron chi connectivity index (χ4n) is 2.89. The van der Waals surface area contributed by atoms with Gasteiger partial charge in [-0.3, -0.25) is 9.48 Å². The van der Waals surface area contributed by atoms with Crippen molar-refractivity contribution in [1.82, 2.24) is 15.1 Å². The van der Waals surface area contributed by atoms with E-state index in [2.05, 4.69) is 24.3 Å². The van der Waals surface area contributed by atoms with Gasteiger partial charge in [0.25, 0.3) is 5.91 Å². The quantitative estimate of drug-likeness (QED) is 0.862. The Hall–Kier alpha value is -1.85. The second-order valence-electron chi connectivity index (χ2n) is 6.33. The molecule has 1 N–H and O–H groups in total. The highest BCUT2D eigenvalue weighted by molar-refractivity contribution is 5.91. The second-order valence-corrected chi connectivity index (χ2v) is 6.33. The Bertz CT molecular complexity index is 540. The Morgan fingerprint density at radius 1 is 1.41 bits per heavy atom. The molecule has 1 fully saturated rings. The molecule has 0 radical (unpaired) electrons. The van der Waals surface area contributed by atoms with Crippen molar-refractivity contribution >= 4 is 11.9 Å². The van der Waals surface area contributed by atoms with E-state index < -0.39 is 12.1 Å². The van der Waals surface area contributed by atoms with Crippen molar-refractivity contribution in [1.29, 1.82) is 0 Å². The lowest BCUT2D eigenvalue weighted by Gasteiger charge is -2.35. The topological polar surface area (TPSA) is 73.2 Å². The summed E-state index contributed by atoms with van der Waals surface area (Å²) in [5.41, 5.74) is 0.349. The van der Waals surface area contributed by atoms with Gasteiger partial charge >= 0.3 is 5.97 Å². The van der Waals surface area contributed by atoms with E-state index in [0.29, 0.717) is 17.4 Å². The second kappa shape index (κ2) is 6.94. The minimum atomic E-state index is -0.808. The molecule has 0 unspecified atom stereocenters. The van der Waals surface area contributed by atoms with Crippen LogP contribution in [0.5, 0.6) is 0 Å². The summed E-state index contributed by atoms with van der Waals surface area (Å²) >= 11 is 0. The Balaban J connectivity index is 1.88. The maximum Gasteiger partial charge on any atom is 0.342 e. The molecule has 1 aliphatic rings. The number of carbonyl (C=O) groups is 2. The van der Waals surface area contributed by atoms with Gasteiger partial charge < -0.3 is 10.1 Å². The number of rotatable bonds is 4. The summed E-state index contributed by atoms with van der Waals surface area (Å²) in [7, 11) is 1.72. The number of hydrogen-bond donors (Lipinski definition) is 1. The van der Waals surface area contributed by atoms with E-state index in [4.69, 9.17) is 4.74 Å². The zero-order valence-electron chi connectivity index (χ0n) is 13.7. The van der Waals surface area contributed by atoms with Crippen molar-refractivity contribution in [2.45, 2.75) is 52.2 Å². The summed E-state index contributed by atoms with van der Waals surface area (Å²) in [6, 6.07) is 0.163. The molecular weight excluding hydrogens is 282 g/mol. The number of nitrogens with zero attached hydrogens (tertiary/aromatic N) is 2. The van der Waals surface area contributed by atoms with Crippen LogP contribution in [-0.4, -0.2) is 33.8 Å². The lowest BCUT2D eigenvalue weighted by Crippen LogP contribution is -2.47. The lowest BCUT2D eigenvalue weighted by atomic mass is 9.78. The number of carbonyl (C=O) groups excluding carboxylic acids is 2. The zero-order chi connectivity index (χ0) is 16.3. The van der Waals surface area contributed by atoms with E-state index in [-0.39, 0.29) is 11.9 Å². The van der Waals surface area contributed by atoms with Gasteiger partial charge in [0.05, 0.1) is 11.8 Å². The first-order chi connectivity index (χ1) is 10.4. The normalized spacial score (nSPS) is 26.3. The smallest absolute Gasteiger partial charge is 0.342 e. The lowest BCUT2D eigenvalue weighted by molar-refractivity contribution is -0.130. The van der Waals surface area contributed by atoms with Crippen molar-refractivity contribution in [3.05, 3.63) is 18.0 Å². The van der Waals surface area contributed by atoms with Crippen LogP contribution in [0, 0.1) is 11.8 Å². The van der Waals surface area contributed by atoms with Crippen molar-refractivity contribution in [2.75, 3.05) is 0 Å². The minimum Gasteiger partial charge on any atom is -0.449 e. The molecule has 0 aromatic carbocycles. The minimum absolute atomic E-state index is 0.163. The molecule has 1 aromatic rings. The first-order valence-corrected chi connectivity index (χ1v) is 7.88. The Kier molecular flexibility index (Phi) is 5.21. The monoisotopic (exact) mass is 307 g/mol. The van der Waals surface area contributed by atoms with Crippen molar-refractivity contribution in [3.63, 3.8) is 0 Å². The summed E-state index contributed by atoms with van der Waals surface area (Å²) in [5, 5.41) is 6.94. The molecule has 0 aliphatic heterocycles. The molecule has 6 nitrogen and oxygen atoms in total. The Morgan fingerprint density at radius 3 is 2.77 bits per heavy atom. The molecule has 1 aliphatic carbocycles. The molecular formula is C16H25N3O3. The van der Waals surface area contributed by atoms with Crippen LogP contribution in [0.4, 0.5) is 0 Å². The number of nitrogens with one attached hydrogen (secondary N) is 1. The summed E-state index contributed by atoms with van der Waals surface area (Å²) in [6.07, 6.45) is 5.51. The highest BCUT2D eigenvalue weighted by Gasteiger charge is 2.30. The first kappa shape index (κ1) is 16.5. The molecule has 1 aromatic heterocycles. The highest BCUT2D eigenvalue weighted by Crippen LogP contribution is 2.29. The maximum atomic E-state index is 12.2. The predicted molar refractivity (Wildman–Crippen MR) is 82.2 cm³/mol. The average molecular weight is 307 g/mol. The van der Waals surface area contributed by atoms with E-state index in [1.165, 1.54) is 17.3 Å². The molecule has 122 valence electrons. The van der Waals surface area contributed by atoms with E-state index in [9.17, 15) is 9.59 Å². The maximum absolute atomic E-state index is 12.2. The van der Waals surface area contributed by atoms with Gasteiger partial charge in [0.15, 0.2) is 6.10 Å². The van der Waals surface area contributed by atoms with Gasteiger partial charge in [0.2, 0.25) is 0 Å². The molecule has 4 atom stereocenters. The van der Waals surface area contributed by atoms with Gasteiger partial charge in [-0.15, -0.1) is 0 Å². The van der Waals surface area contributed by atoms with Gasteiger partial charge in [-0.05, 0) is 25.2 Å². The van der Waals surface area contributed by atoms with Gasteiger partial charge in [-0.1, -0.05) is 26.7 Å². The summed E-state index contributed by atoms with van der Waals surface area (Å²) in [5.74, 6) is 0.287. The van der Waals surface area contributed by atoms with Gasteiger partial charge in [0, 0.05) is 19.3 Å². The molecule has 1 amide bonds. The summed E-state index contributed by atoms with van der Waals surface area (Å²) < 4.78 is 6.73. The number of aromatic nitrogens is 2. The van der Waals surface area contributed by atoms with Crippen molar-refractivity contribution in [2.24, 2.45) is 18.9 Å². The largest absolute Gasteiger partial charge is 0.449 e. The average Bonchev–Trinajstić information content (AvgIpc) is 2.90. The molecule has 0 bridgehead atoms. The number of hydrogen-bond acceptors (Lipinski definition) is 4. The Labute approximate surface area is 131 Å².